The summed E-state index contributed by atoms with van der Waals surface area (Å²) in [6.07, 6.45) is 1.05. The molecule has 0 unspecified atom stereocenters. The standard InChI is InChI=1S/C22H22F3N5O2S/c23-11-2-1-3-12(24)17(11)22-27-15(9-33-22)21(31)28-20-18(10-4-5-10)29-30-19(20)16-7-6-14(26)13(25)8-32-16/h1-3,9-10,13-14,16H,4-8,26H2,(H,28,31)(H,29,30)/t13-,14-,16+/m0/s1. The molecule has 3 atom stereocenters. The number of amides is 1. The summed E-state index contributed by atoms with van der Waals surface area (Å²) in [7, 11) is 0. The largest absolute Gasteiger partial charge is 0.369 e. The molecule has 2 aromatic heterocycles. The van der Waals surface area contributed by atoms with Crippen LogP contribution >= 0.6 is 11.3 Å². The zero-order valence-electron chi connectivity index (χ0n) is 17.5. The SMILES string of the molecule is N[C@H]1CC[C@H](c2[nH]nc(C3CC3)c2NC(=O)c2csc(-c3c(F)cccc3F)n2)OC[C@@H]1F. The smallest absolute Gasteiger partial charge is 0.275 e. The third kappa shape index (κ3) is 4.40. The third-order valence-electron chi connectivity index (χ3n) is 5.94. The minimum Gasteiger partial charge on any atom is -0.369 e. The van der Waals surface area contributed by atoms with Gasteiger partial charge in [-0.05, 0) is 37.8 Å². The molecule has 1 aliphatic heterocycles. The Bertz CT molecular complexity index is 1150. The van der Waals surface area contributed by atoms with E-state index in [9.17, 15) is 18.0 Å². The Balaban J connectivity index is 1.41. The molecule has 2 aliphatic rings. The first-order chi connectivity index (χ1) is 15.9. The van der Waals surface area contributed by atoms with Gasteiger partial charge in [0.25, 0.3) is 5.91 Å². The van der Waals surface area contributed by atoms with Crippen molar-refractivity contribution in [2.75, 3.05) is 11.9 Å². The Morgan fingerprint density at radius 1 is 1.21 bits per heavy atom. The van der Waals surface area contributed by atoms with Gasteiger partial charge in [-0.15, -0.1) is 11.3 Å². The van der Waals surface area contributed by atoms with Gasteiger partial charge in [0.15, 0.2) is 0 Å². The van der Waals surface area contributed by atoms with Crippen LogP contribution in [0.4, 0.5) is 18.9 Å². The molecule has 1 aliphatic carbocycles. The zero-order chi connectivity index (χ0) is 23.1. The summed E-state index contributed by atoms with van der Waals surface area (Å²) in [5.74, 6) is -1.82. The van der Waals surface area contributed by atoms with Gasteiger partial charge in [-0.3, -0.25) is 9.89 Å². The Labute approximate surface area is 191 Å². The Hall–Kier alpha value is -2.76. The summed E-state index contributed by atoms with van der Waals surface area (Å²) < 4.78 is 47.9. The number of carbonyl (C=O) groups is 1. The van der Waals surface area contributed by atoms with Crippen LogP contribution in [0.15, 0.2) is 23.6 Å². The van der Waals surface area contributed by atoms with Crippen molar-refractivity contribution in [2.24, 2.45) is 5.73 Å². The maximum absolute atomic E-state index is 14.1. The van der Waals surface area contributed by atoms with Crippen molar-refractivity contribution in [3.63, 3.8) is 0 Å². The minimum absolute atomic E-state index is 0.0270. The van der Waals surface area contributed by atoms with Gasteiger partial charge >= 0.3 is 0 Å². The number of H-pyrrole nitrogens is 1. The van der Waals surface area contributed by atoms with Crippen LogP contribution in [0.1, 0.15) is 59.6 Å². The fourth-order valence-electron chi connectivity index (χ4n) is 3.93. The van der Waals surface area contributed by atoms with Crippen LogP contribution in [0.25, 0.3) is 10.6 Å². The number of hydrogen-bond acceptors (Lipinski definition) is 6. The molecule has 7 nitrogen and oxygen atoms in total. The van der Waals surface area contributed by atoms with Crippen LogP contribution in [0.3, 0.4) is 0 Å². The van der Waals surface area contributed by atoms with E-state index in [4.69, 9.17) is 10.5 Å². The first-order valence-corrected chi connectivity index (χ1v) is 11.6. The van der Waals surface area contributed by atoms with E-state index in [0.717, 1.165) is 36.3 Å². The molecular weight excluding hydrogens is 455 g/mol. The number of benzene rings is 1. The second kappa shape index (κ2) is 8.88. The number of anilines is 1. The number of alkyl halides is 1. The van der Waals surface area contributed by atoms with E-state index >= 15 is 0 Å². The van der Waals surface area contributed by atoms with Gasteiger partial charge in [-0.2, -0.15) is 5.10 Å². The fourth-order valence-corrected chi connectivity index (χ4v) is 4.77. The molecule has 1 saturated carbocycles. The lowest BCUT2D eigenvalue weighted by Gasteiger charge is -2.16. The van der Waals surface area contributed by atoms with Crippen molar-refractivity contribution in [1.82, 2.24) is 15.2 Å². The lowest BCUT2D eigenvalue weighted by Crippen LogP contribution is -2.32. The van der Waals surface area contributed by atoms with Crippen molar-refractivity contribution in [3.8, 4) is 10.6 Å². The van der Waals surface area contributed by atoms with Crippen LogP contribution in [-0.2, 0) is 4.74 Å². The molecule has 1 aromatic carbocycles. The number of aromatic amines is 1. The molecular formula is C22H22F3N5O2S. The summed E-state index contributed by atoms with van der Waals surface area (Å²) in [5.41, 5.74) is 7.35. The predicted octanol–water partition coefficient (Wildman–Crippen LogP) is 4.46. The van der Waals surface area contributed by atoms with Gasteiger partial charge in [0.2, 0.25) is 0 Å². The third-order valence-corrected chi connectivity index (χ3v) is 6.80. The van der Waals surface area contributed by atoms with Gasteiger partial charge in [-0.1, -0.05) is 6.07 Å². The van der Waals surface area contributed by atoms with Gasteiger partial charge < -0.3 is 15.8 Å². The molecule has 0 radical (unpaired) electrons. The van der Waals surface area contributed by atoms with Crippen LogP contribution < -0.4 is 11.1 Å². The molecule has 5 rings (SSSR count). The van der Waals surface area contributed by atoms with Crippen LogP contribution in [0.5, 0.6) is 0 Å². The molecule has 33 heavy (non-hydrogen) atoms. The van der Waals surface area contributed by atoms with E-state index in [1.807, 2.05) is 0 Å². The maximum Gasteiger partial charge on any atom is 0.275 e. The summed E-state index contributed by atoms with van der Waals surface area (Å²) >= 11 is 0.975. The minimum atomic E-state index is -1.26. The molecule has 3 heterocycles. The van der Waals surface area contributed by atoms with E-state index in [2.05, 4.69) is 20.5 Å². The van der Waals surface area contributed by atoms with E-state index in [1.54, 1.807) is 0 Å². The van der Waals surface area contributed by atoms with Crippen molar-refractivity contribution in [2.45, 2.75) is 49.9 Å². The van der Waals surface area contributed by atoms with Crippen molar-refractivity contribution < 1.29 is 22.7 Å². The normalized spacial score (nSPS) is 23.3. The first kappa shape index (κ1) is 22.1. The Kier molecular flexibility index (Phi) is 5.94. The number of rotatable bonds is 5. The number of thiazole rings is 1. The lowest BCUT2D eigenvalue weighted by molar-refractivity contribution is 0.0267. The highest BCUT2D eigenvalue weighted by atomic mass is 32.1. The van der Waals surface area contributed by atoms with E-state index < -0.39 is 35.9 Å². The van der Waals surface area contributed by atoms with Gasteiger partial charge in [0.1, 0.15) is 34.6 Å². The number of hydrogen-bond donors (Lipinski definition) is 3. The Morgan fingerprint density at radius 2 is 1.97 bits per heavy atom. The molecule has 1 amide bonds. The molecule has 174 valence electrons. The van der Waals surface area contributed by atoms with Crippen LogP contribution in [-0.4, -0.2) is 39.9 Å². The fraction of sp³-hybridized carbons (Fsp3) is 0.409. The van der Waals surface area contributed by atoms with E-state index in [1.165, 1.54) is 11.4 Å². The topological polar surface area (TPSA) is 106 Å². The highest BCUT2D eigenvalue weighted by Gasteiger charge is 2.35. The van der Waals surface area contributed by atoms with Gasteiger partial charge in [0.05, 0.1) is 29.2 Å². The number of nitrogens with two attached hydrogens (primary N) is 1. The molecule has 4 N–H and O–H groups in total. The summed E-state index contributed by atoms with van der Waals surface area (Å²) in [4.78, 5) is 17.2. The van der Waals surface area contributed by atoms with E-state index in [-0.39, 0.29) is 28.8 Å². The molecule has 3 aromatic rings. The number of aromatic nitrogens is 3. The molecule has 2 fully saturated rings. The second-order valence-corrected chi connectivity index (χ2v) is 9.20. The number of ether oxygens (including phenoxy) is 1. The van der Waals surface area contributed by atoms with Crippen LogP contribution in [0, 0.1) is 11.6 Å². The molecule has 11 heteroatoms. The first-order valence-electron chi connectivity index (χ1n) is 10.7. The quantitative estimate of drug-likeness (QED) is 0.503. The summed E-state index contributed by atoms with van der Waals surface area (Å²) in [6, 6.07) is 2.94. The Morgan fingerprint density at radius 3 is 2.70 bits per heavy atom. The summed E-state index contributed by atoms with van der Waals surface area (Å²) in [6.45, 7) is -0.138. The predicted molar refractivity (Wildman–Crippen MR) is 117 cm³/mol. The van der Waals surface area contributed by atoms with Crippen molar-refractivity contribution >= 4 is 22.9 Å². The monoisotopic (exact) mass is 477 g/mol. The molecule has 0 bridgehead atoms. The maximum atomic E-state index is 14.1. The zero-order valence-corrected chi connectivity index (χ0v) is 18.3. The number of nitrogens with zero attached hydrogens (tertiary/aromatic N) is 2. The lowest BCUT2D eigenvalue weighted by atomic mass is 10.0. The second-order valence-electron chi connectivity index (χ2n) is 8.34. The summed E-state index contributed by atoms with van der Waals surface area (Å²) in [5, 5.41) is 11.7. The molecule has 1 saturated heterocycles. The molecule has 0 spiro atoms. The highest BCUT2D eigenvalue weighted by Crippen LogP contribution is 2.45. The van der Waals surface area contributed by atoms with Gasteiger partial charge in [-0.25, -0.2) is 18.2 Å². The van der Waals surface area contributed by atoms with Gasteiger partial charge in [0, 0.05) is 17.3 Å². The van der Waals surface area contributed by atoms with E-state index in [0.29, 0.717) is 29.9 Å². The van der Waals surface area contributed by atoms with Crippen LogP contribution in [0.2, 0.25) is 0 Å². The number of carbonyl (C=O) groups excluding carboxylic acids is 1. The number of halogens is 3. The van der Waals surface area contributed by atoms with Crippen molar-refractivity contribution in [1.29, 1.82) is 0 Å². The van der Waals surface area contributed by atoms with Crippen molar-refractivity contribution in [3.05, 3.63) is 52.3 Å². The average molecular weight is 478 g/mol. The average Bonchev–Trinajstić information content (AvgIpc) is 3.42. The number of nitrogens with one attached hydrogen (secondary N) is 2. The highest BCUT2D eigenvalue weighted by molar-refractivity contribution is 7.13.